The number of hydrogen-bond donors (Lipinski definition) is 0. The highest BCUT2D eigenvalue weighted by molar-refractivity contribution is 5.70. The molecule has 0 spiro atoms. The van der Waals surface area contributed by atoms with Gasteiger partial charge in [0.1, 0.15) is 11.4 Å². The molecule has 2 rings (SSSR count). The van der Waals surface area contributed by atoms with Gasteiger partial charge < -0.3 is 9.47 Å². The lowest BCUT2D eigenvalue weighted by Crippen LogP contribution is -2.45. The largest absolute Gasteiger partial charge is 0.486 e. The molecule has 0 N–H and O–H groups in total. The molecule has 0 heterocycles. The topological polar surface area (TPSA) is 35.5 Å². The van der Waals surface area contributed by atoms with Gasteiger partial charge in [-0.15, -0.1) is 0 Å². The van der Waals surface area contributed by atoms with Gasteiger partial charge in [0.25, 0.3) is 0 Å². The third kappa shape index (κ3) is 2.50. The lowest BCUT2D eigenvalue weighted by atomic mass is 9.77. The van der Waals surface area contributed by atoms with Crippen LogP contribution in [0.1, 0.15) is 36.8 Å². The standard InChI is InChI=1S/C15H20O3/c1-11-6-4-7-13(12(11)2)18-15(8-5-9-15)10-14(16)17-3/h4,6-7H,5,8-10H2,1-3H3. The molecule has 1 fully saturated rings. The normalized spacial score (nSPS) is 16.8. The molecule has 0 aromatic heterocycles. The second-order valence-corrected chi connectivity index (χ2v) is 5.09. The minimum Gasteiger partial charge on any atom is -0.486 e. The first-order chi connectivity index (χ1) is 8.56. The minimum atomic E-state index is -0.342. The summed E-state index contributed by atoms with van der Waals surface area (Å²) in [5.41, 5.74) is 2.01. The van der Waals surface area contributed by atoms with Crippen LogP contribution >= 0.6 is 0 Å². The van der Waals surface area contributed by atoms with Crippen molar-refractivity contribution in [1.82, 2.24) is 0 Å². The number of rotatable bonds is 4. The molecule has 18 heavy (non-hydrogen) atoms. The maximum absolute atomic E-state index is 11.5. The Bertz CT molecular complexity index is 447. The quantitative estimate of drug-likeness (QED) is 0.768. The van der Waals surface area contributed by atoms with Crippen molar-refractivity contribution in [1.29, 1.82) is 0 Å². The molecule has 0 bridgehead atoms. The molecule has 0 aliphatic heterocycles. The van der Waals surface area contributed by atoms with Crippen molar-refractivity contribution in [3.05, 3.63) is 29.3 Å². The maximum Gasteiger partial charge on any atom is 0.309 e. The highest BCUT2D eigenvalue weighted by Gasteiger charge is 2.42. The number of carbonyl (C=O) groups is 1. The Hall–Kier alpha value is -1.51. The molecule has 1 aliphatic rings. The van der Waals surface area contributed by atoms with Crippen LogP contribution in [-0.4, -0.2) is 18.7 Å². The fraction of sp³-hybridized carbons (Fsp3) is 0.533. The number of hydrogen-bond acceptors (Lipinski definition) is 3. The molecule has 0 atom stereocenters. The molecule has 1 aromatic carbocycles. The predicted molar refractivity (Wildman–Crippen MR) is 69.8 cm³/mol. The number of ether oxygens (including phenoxy) is 2. The van der Waals surface area contributed by atoms with Crippen molar-refractivity contribution < 1.29 is 14.3 Å². The monoisotopic (exact) mass is 248 g/mol. The van der Waals surface area contributed by atoms with E-state index in [0.717, 1.165) is 30.6 Å². The zero-order chi connectivity index (χ0) is 13.2. The summed E-state index contributed by atoms with van der Waals surface area (Å²) in [6, 6.07) is 6.03. The predicted octanol–water partition coefficient (Wildman–Crippen LogP) is 3.17. The maximum atomic E-state index is 11.5. The van der Waals surface area contributed by atoms with E-state index in [2.05, 4.69) is 19.9 Å². The van der Waals surface area contributed by atoms with E-state index in [4.69, 9.17) is 9.47 Å². The van der Waals surface area contributed by atoms with Crippen molar-refractivity contribution in [3.8, 4) is 5.75 Å². The van der Waals surface area contributed by atoms with Crippen LogP contribution in [0.15, 0.2) is 18.2 Å². The molecule has 0 amide bonds. The van der Waals surface area contributed by atoms with Gasteiger partial charge in [-0.05, 0) is 50.3 Å². The van der Waals surface area contributed by atoms with E-state index >= 15 is 0 Å². The second kappa shape index (κ2) is 5.01. The fourth-order valence-electron chi connectivity index (χ4n) is 2.29. The zero-order valence-electron chi connectivity index (χ0n) is 11.3. The van der Waals surface area contributed by atoms with E-state index in [9.17, 15) is 4.79 Å². The third-order valence-electron chi connectivity index (χ3n) is 3.84. The van der Waals surface area contributed by atoms with Gasteiger partial charge in [-0.3, -0.25) is 4.79 Å². The van der Waals surface area contributed by atoms with E-state index in [1.807, 2.05) is 12.1 Å². The van der Waals surface area contributed by atoms with E-state index in [-0.39, 0.29) is 11.6 Å². The average molecular weight is 248 g/mol. The van der Waals surface area contributed by atoms with Crippen LogP contribution in [0.5, 0.6) is 5.75 Å². The SMILES string of the molecule is COC(=O)CC1(Oc2cccc(C)c2C)CCC1. The van der Waals surface area contributed by atoms with Crippen LogP contribution in [0.4, 0.5) is 0 Å². The van der Waals surface area contributed by atoms with Crippen LogP contribution in [0.25, 0.3) is 0 Å². The van der Waals surface area contributed by atoms with Crippen molar-refractivity contribution in [2.45, 2.75) is 45.1 Å². The molecule has 0 saturated heterocycles. The van der Waals surface area contributed by atoms with Crippen LogP contribution in [0.2, 0.25) is 0 Å². The lowest BCUT2D eigenvalue weighted by Gasteiger charge is -2.41. The highest BCUT2D eigenvalue weighted by Crippen LogP contribution is 2.40. The fourth-order valence-corrected chi connectivity index (χ4v) is 2.29. The highest BCUT2D eigenvalue weighted by atomic mass is 16.5. The zero-order valence-corrected chi connectivity index (χ0v) is 11.3. The van der Waals surface area contributed by atoms with Gasteiger partial charge in [0.2, 0.25) is 0 Å². The van der Waals surface area contributed by atoms with Gasteiger partial charge in [-0.25, -0.2) is 0 Å². The van der Waals surface area contributed by atoms with Crippen molar-refractivity contribution in [2.75, 3.05) is 7.11 Å². The van der Waals surface area contributed by atoms with Gasteiger partial charge in [-0.2, -0.15) is 0 Å². The molecule has 1 aliphatic carbocycles. The third-order valence-corrected chi connectivity index (χ3v) is 3.84. The molecule has 1 saturated carbocycles. The average Bonchev–Trinajstić information content (AvgIpc) is 2.31. The second-order valence-electron chi connectivity index (χ2n) is 5.09. The summed E-state index contributed by atoms with van der Waals surface area (Å²) >= 11 is 0. The molecule has 3 nitrogen and oxygen atoms in total. The summed E-state index contributed by atoms with van der Waals surface area (Å²) in [4.78, 5) is 11.5. The molecule has 3 heteroatoms. The van der Waals surface area contributed by atoms with Gasteiger partial charge >= 0.3 is 5.97 Å². The summed E-state index contributed by atoms with van der Waals surface area (Å²) in [7, 11) is 1.42. The van der Waals surface area contributed by atoms with E-state index in [1.54, 1.807) is 0 Å². The molecule has 1 aromatic rings. The molecule has 0 radical (unpaired) electrons. The smallest absolute Gasteiger partial charge is 0.309 e. The van der Waals surface area contributed by atoms with E-state index in [0.29, 0.717) is 6.42 Å². The first kappa shape index (κ1) is 12.9. The number of esters is 1. The van der Waals surface area contributed by atoms with E-state index in [1.165, 1.54) is 12.7 Å². The minimum absolute atomic E-state index is 0.194. The first-order valence-electron chi connectivity index (χ1n) is 6.38. The van der Waals surface area contributed by atoms with E-state index < -0.39 is 0 Å². The van der Waals surface area contributed by atoms with Gasteiger partial charge in [0.15, 0.2) is 0 Å². The van der Waals surface area contributed by atoms with Crippen LogP contribution in [0, 0.1) is 13.8 Å². The Kier molecular flexibility index (Phi) is 3.60. The number of benzene rings is 1. The number of aryl methyl sites for hydroxylation is 1. The van der Waals surface area contributed by atoms with Crippen molar-refractivity contribution in [3.63, 3.8) is 0 Å². The Morgan fingerprint density at radius 3 is 2.61 bits per heavy atom. The molecule has 0 unspecified atom stereocenters. The van der Waals surface area contributed by atoms with Crippen molar-refractivity contribution >= 4 is 5.97 Å². The van der Waals surface area contributed by atoms with Gasteiger partial charge in [0, 0.05) is 0 Å². The van der Waals surface area contributed by atoms with Crippen LogP contribution in [0.3, 0.4) is 0 Å². The summed E-state index contributed by atoms with van der Waals surface area (Å²) in [6.45, 7) is 4.12. The molecular weight excluding hydrogens is 228 g/mol. The van der Waals surface area contributed by atoms with Gasteiger partial charge in [-0.1, -0.05) is 12.1 Å². The summed E-state index contributed by atoms with van der Waals surface area (Å²) in [5.74, 6) is 0.693. The van der Waals surface area contributed by atoms with Crippen molar-refractivity contribution in [2.24, 2.45) is 0 Å². The van der Waals surface area contributed by atoms with Crippen LogP contribution in [-0.2, 0) is 9.53 Å². The number of methoxy groups -OCH3 is 1. The summed E-state index contributed by atoms with van der Waals surface area (Å²) in [5, 5.41) is 0. The van der Waals surface area contributed by atoms with Crippen LogP contribution < -0.4 is 4.74 Å². The first-order valence-corrected chi connectivity index (χ1v) is 6.38. The Morgan fingerprint density at radius 1 is 1.33 bits per heavy atom. The summed E-state index contributed by atoms with van der Waals surface area (Å²) < 4.78 is 10.9. The molecule has 98 valence electrons. The Labute approximate surface area is 108 Å². The summed E-state index contributed by atoms with van der Waals surface area (Å²) in [6.07, 6.45) is 3.31. The van der Waals surface area contributed by atoms with Gasteiger partial charge in [0.05, 0.1) is 13.5 Å². The number of carbonyl (C=O) groups excluding carboxylic acids is 1. The molecular formula is C15H20O3. The lowest BCUT2D eigenvalue weighted by molar-refractivity contribution is -0.148. The Morgan fingerprint density at radius 2 is 2.06 bits per heavy atom. The Balaban J connectivity index is 2.15.